The Balaban J connectivity index is 1.93. The lowest BCUT2D eigenvalue weighted by Gasteiger charge is -2.16. The van der Waals surface area contributed by atoms with E-state index in [1.165, 1.54) is 7.11 Å². The number of halogens is 2. The lowest BCUT2D eigenvalue weighted by atomic mass is 10.1. The van der Waals surface area contributed by atoms with Crippen molar-refractivity contribution in [2.75, 3.05) is 13.7 Å². The second-order valence-electron chi connectivity index (χ2n) is 5.23. The van der Waals surface area contributed by atoms with Crippen LogP contribution in [0.25, 0.3) is 0 Å². The van der Waals surface area contributed by atoms with Gasteiger partial charge in [0.1, 0.15) is 11.3 Å². The lowest BCUT2D eigenvalue weighted by molar-refractivity contribution is -0.124. The van der Waals surface area contributed by atoms with Gasteiger partial charge in [-0.05, 0) is 36.8 Å². The SMILES string of the molecule is COc1ccccc1C(=O)OCC(=O)N[C@H](C)c1ccc(Cl)cc1Cl. The van der Waals surface area contributed by atoms with E-state index >= 15 is 0 Å². The zero-order valence-corrected chi connectivity index (χ0v) is 15.2. The minimum atomic E-state index is -0.634. The van der Waals surface area contributed by atoms with E-state index in [0.717, 1.165) is 5.56 Å². The smallest absolute Gasteiger partial charge is 0.342 e. The molecule has 132 valence electrons. The predicted octanol–water partition coefficient (Wildman–Crippen LogP) is 4.04. The lowest BCUT2D eigenvalue weighted by Crippen LogP contribution is -2.31. The van der Waals surface area contributed by atoms with Crippen molar-refractivity contribution < 1.29 is 19.1 Å². The van der Waals surface area contributed by atoms with Crippen molar-refractivity contribution >= 4 is 35.1 Å². The van der Waals surface area contributed by atoms with Crippen LogP contribution in [0.15, 0.2) is 42.5 Å². The molecule has 0 spiro atoms. The first-order valence-corrected chi connectivity index (χ1v) is 8.22. The van der Waals surface area contributed by atoms with Crippen molar-refractivity contribution in [3.63, 3.8) is 0 Å². The summed E-state index contributed by atoms with van der Waals surface area (Å²) >= 11 is 12.0. The monoisotopic (exact) mass is 381 g/mol. The summed E-state index contributed by atoms with van der Waals surface area (Å²) in [6.45, 7) is 1.36. The van der Waals surface area contributed by atoms with Crippen LogP contribution in [-0.4, -0.2) is 25.6 Å². The van der Waals surface area contributed by atoms with Crippen LogP contribution < -0.4 is 10.1 Å². The fraction of sp³-hybridized carbons (Fsp3) is 0.222. The third-order valence-electron chi connectivity index (χ3n) is 3.47. The number of methoxy groups -OCH3 is 1. The molecule has 5 nitrogen and oxygen atoms in total. The van der Waals surface area contributed by atoms with Crippen molar-refractivity contribution in [1.82, 2.24) is 5.32 Å². The number of hydrogen-bond acceptors (Lipinski definition) is 4. The molecular weight excluding hydrogens is 365 g/mol. The Morgan fingerprint density at radius 2 is 1.88 bits per heavy atom. The first kappa shape index (κ1) is 19.1. The molecule has 1 amide bonds. The molecule has 0 bridgehead atoms. The molecule has 2 rings (SSSR count). The van der Waals surface area contributed by atoms with Crippen molar-refractivity contribution in [3.05, 3.63) is 63.6 Å². The van der Waals surface area contributed by atoms with Gasteiger partial charge in [0.05, 0.1) is 13.2 Å². The van der Waals surface area contributed by atoms with Crippen molar-refractivity contribution in [2.24, 2.45) is 0 Å². The first-order valence-electron chi connectivity index (χ1n) is 7.47. The number of carbonyl (C=O) groups is 2. The zero-order chi connectivity index (χ0) is 18.4. The van der Waals surface area contributed by atoms with E-state index in [9.17, 15) is 9.59 Å². The third kappa shape index (κ3) is 5.11. The maximum absolute atomic E-state index is 12.1. The molecule has 0 aliphatic rings. The molecule has 0 aromatic heterocycles. The van der Waals surface area contributed by atoms with Crippen molar-refractivity contribution in [2.45, 2.75) is 13.0 Å². The number of rotatable bonds is 6. The Kier molecular flexibility index (Phi) is 6.67. The average Bonchev–Trinajstić information content (AvgIpc) is 2.59. The standard InChI is InChI=1S/C18H17Cl2NO4/c1-11(13-8-7-12(19)9-15(13)20)21-17(22)10-25-18(23)14-5-3-4-6-16(14)24-2/h3-9,11H,10H2,1-2H3,(H,21,22)/t11-/m1/s1. The van der Waals surface area contributed by atoms with Gasteiger partial charge in [-0.1, -0.05) is 41.4 Å². The van der Waals surface area contributed by atoms with Crippen LogP contribution in [0, 0.1) is 0 Å². The number of para-hydroxylation sites is 1. The van der Waals surface area contributed by atoms with Gasteiger partial charge in [0, 0.05) is 10.0 Å². The molecule has 0 unspecified atom stereocenters. The highest BCUT2D eigenvalue weighted by molar-refractivity contribution is 6.35. The van der Waals surface area contributed by atoms with E-state index < -0.39 is 18.5 Å². The fourth-order valence-corrected chi connectivity index (χ4v) is 2.81. The molecule has 1 atom stereocenters. The molecule has 1 N–H and O–H groups in total. The number of benzene rings is 2. The van der Waals surface area contributed by atoms with Gasteiger partial charge in [0.15, 0.2) is 6.61 Å². The number of nitrogens with one attached hydrogen (secondary N) is 1. The minimum absolute atomic E-state index is 0.256. The molecule has 7 heteroatoms. The Hall–Kier alpha value is -2.24. The zero-order valence-electron chi connectivity index (χ0n) is 13.7. The first-order chi connectivity index (χ1) is 11.9. The molecule has 0 fully saturated rings. The van der Waals surface area contributed by atoms with Crippen LogP contribution in [0.4, 0.5) is 0 Å². The summed E-state index contributed by atoms with van der Waals surface area (Å²) in [5, 5.41) is 3.68. The summed E-state index contributed by atoms with van der Waals surface area (Å²) in [4.78, 5) is 24.1. The Bertz CT molecular complexity index is 779. The third-order valence-corrected chi connectivity index (χ3v) is 4.03. The van der Waals surface area contributed by atoms with Gasteiger partial charge in [-0.15, -0.1) is 0 Å². The largest absolute Gasteiger partial charge is 0.496 e. The van der Waals surface area contributed by atoms with Crippen LogP contribution >= 0.6 is 23.2 Å². The second kappa shape index (κ2) is 8.74. The fourth-order valence-electron chi connectivity index (χ4n) is 2.24. The van der Waals surface area contributed by atoms with Gasteiger partial charge in [-0.25, -0.2) is 4.79 Å². The molecule has 2 aromatic carbocycles. The summed E-state index contributed by atoms with van der Waals surface area (Å²) in [5.74, 6) is -0.694. The maximum atomic E-state index is 12.1. The molecular formula is C18H17Cl2NO4. The van der Waals surface area contributed by atoms with Gasteiger partial charge in [-0.2, -0.15) is 0 Å². The molecule has 0 heterocycles. The Labute approximate surface area is 155 Å². The summed E-state index contributed by atoms with van der Waals surface area (Å²) in [6, 6.07) is 11.3. The van der Waals surface area contributed by atoms with E-state index in [-0.39, 0.29) is 11.6 Å². The van der Waals surface area contributed by atoms with Gasteiger partial charge in [0.2, 0.25) is 0 Å². The Morgan fingerprint density at radius 3 is 2.56 bits per heavy atom. The van der Waals surface area contributed by atoms with Gasteiger partial charge >= 0.3 is 5.97 Å². The highest BCUT2D eigenvalue weighted by Gasteiger charge is 2.17. The molecule has 0 aliphatic carbocycles. The minimum Gasteiger partial charge on any atom is -0.496 e. The molecule has 0 radical (unpaired) electrons. The summed E-state index contributed by atoms with van der Waals surface area (Å²) in [5.41, 5.74) is 0.974. The average molecular weight is 382 g/mol. The van der Waals surface area contributed by atoms with Gasteiger partial charge in [-0.3, -0.25) is 4.79 Å². The topological polar surface area (TPSA) is 64.6 Å². The van der Waals surface area contributed by atoms with E-state index in [1.54, 1.807) is 49.4 Å². The molecule has 0 saturated carbocycles. The van der Waals surface area contributed by atoms with Crippen LogP contribution in [-0.2, 0) is 9.53 Å². The number of ether oxygens (including phenoxy) is 2. The van der Waals surface area contributed by atoms with Crippen LogP contribution in [0.1, 0.15) is 28.9 Å². The predicted molar refractivity (Wildman–Crippen MR) is 96.3 cm³/mol. The summed E-state index contributed by atoms with van der Waals surface area (Å²) in [6.07, 6.45) is 0. The second-order valence-corrected chi connectivity index (χ2v) is 6.08. The number of amides is 1. The summed E-state index contributed by atoms with van der Waals surface area (Å²) < 4.78 is 10.1. The van der Waals surface area contributed by atoms with E-state index in [2.05, 4.69) is 5.32 Å². The molecule has 0 saturated heterocycles. The van der Waals surface area contributed by atoms with E-state index in [4.69, 9.17) is 32.7 Å². The highest BCUT2D eigenvalue weighted by Crippen LogP contribution is 2.26. The number of hydrogen-bond donors (Lipinski definition) is 1. The van der Waals surface area contributed by atoms with Gasteiger partial charge in [0.25, 0.3) is 5.91 Å². The normalized spacial score (nSPS) is 11.5. The van der Waals surface area contributed by atoms with Gasteiger partial charge < -0.3 is 14.8 Å². The number of esters is 1. The molecule has 0 aliphatic heterocycles. The van der Waals surface area contributed by atoms with Crippen LogP contribution in [0.2, 0.25) is 10.0 Å². The highest BCUT2D eigenvalue weighted by atomic mass is 35.5. The Morgan fingerprint density at radius 1 is 1.16 bits per heavy atom. The maximum Gasteiger partial charge on any atom is 0.342 e. The quantitative estimate of drug-likeness (QED) is 0.766. The molecule has 25 heavy (non-hydrogen) atoms. The molecule has 2 aromatic rings. The van der Waals surface area contributed by atoms with Crippen LogP contribution in [0.3, 0.4) is 0 Å². The summed E-state index contributed by atoms with van der Waals surface area (Å²) in [7, 11) is 1.45. The van der Waals surface area contributed by atoms with Crippen LogP contribution in [0.5, 0.6) is 5.75 Å². The number of carbonyl (C=O) groups excluding carboxylic acids is 2. The van der Waals surface area contributed by atoms with E-state index in [0.29, 0.717) is 15.8 Å². The van der Waals surface area contributed by atoms with Crippen molar-refractivity contribution in [1.29, 1.82) is 0 Å². The van der Waals surface area contributed by atoms with Crippen molar-refractivity contribution in [3.8, 4) is 5.75 Å². The van der Waals surface area contributed by atoms with E-state index in [1.807, 2.05) is 0 Å².